The minimum absolute atomic E-state index is 0.104. The second-order valence-electron chi connectivity index (χ2n) is 7.24. The van der Waals surface area contributed by atoms with Crippen molar-refractivity contribution in [1.29, 1.82) is 0 Å². The van der Waals surface area contributed by atoms with Gasteiger partial charge in [-0.1, -0.05) is 13.8 Å². The molecule has 8 nitrogen and oxygen atoms in total. The lowest BCUT2D eigenvalue weighted by molar-refractivity contribution is 0.0940. The molecule has 0 saturated heterocycles. The normalized spacial score (nSPS) is 14.1. The minimum Gasteiger partial charge on any atom is -0.493 e. The van der Waals surface area contributed by atoms with Gasteiger partial charge >= 0.3 is 0 Å². The van der Waals surface area contributed by atoms with E-state index in [1.165, 1.54) is 0 Å². The molecule has 1 atom stereocenters. The van der Waals surface area contributed by atoms with Gasteiger partial charge in [0.1, 0.15) is 17.3 Å². The quantitative estimate of drug-likeness (QED) is 0.737. The van der Waals surface area contributed by atoms with E-state index >= 15 is 0 Å². The Hall–Kier alpha value is -3.03. The highest BCUT2D eigenvalue weighted by Gasteiger charge is 2.25. The van der Waals surface area contributed by atoms with Gasteiger partial charge in [-0.3, -0.25) is 4.79 Å². The average molecular weight is 400 g/mol. The maximum atomic E-state index is 12.3. The molecule has 0 fully saturated rings. The second-order valence-corrected chi connectivity index (χ2v) is 7.24. The van der Waals surface area contributed by atoms with Gasteiger partial charge in [0, 0.05) is 18.0 Å². The third-order valence-electron chi connectivity index (χ3n) is 4.96. The Bertz CT molecular complexity index is 889. The number of fused-ring (bicyclic) bond motifs is 1. The van der Waals surface area contributed by atoms with Crippen LogP contribution in [-0.2, 0) is 6.42 Å². The van der Waals surface area contributed by atoms with Gasteiger partial charge < -0.3 is 24.8 Å². The monoisotopic (exact) mass is 400 g/mol. The Labute approximate surface area is 171 Å². The van der Waals surface area contributed by atoms with Crippen molar-refractivity contribution < 1.29 is 19.0 Å². The molecule has 0 saturated carbocycles. The van der Waals surface area contributed by atoms with Crippen molar-refractivity contribution in [3.8, 4) is 17.2 Å². The van der Waals surface area contributed by atoms with Crippen molar-refractivity contribution in [2.75, 3.05) is 33.2 Å². The molecule has 0 radical (unpaired) electrons. The molecule has 0 spiro atoms. The summed E-state index contributed by atoms with van der Waals surface area (Å²) in [6, 6.07) is 3.69. The smallest absolute Gasteiger partial charge is 0.270 e. The highest BCUT2D eigenvalue weighted by Crippen LogP contribution is 2.40. The number of aromatic nitrogens is 2. The average Bonchev–Trinajstić information content (AvgIpc) is 2.72. The number of anilines is 1. The topological polar surface area (TPSA) is 94.6 Å². The van der Waals surface area contributed by atoms with Crippen LogP contribution in [0.1, 0.15) is 60.2 Å². The van der Waals surface area contributed by atoms with Crippen LogP contribution in [0.4, 0.5) is 5.82 Å². The summed E-state index contributed by atoms with van der Waals surface area (Å²) in [6.45, 7) is 6.61. The lowest BCUT2D eigenvalue weighted by Crippen LogP contribution is -2.34. The SMILES string of the molecule is COc1cc(C(C)Nc2nc(C(C)C)nc3c2CCNC3=O)cc(OC)c1OC. The first-order valence-electron chi connectivity index (χ1n) is 9.65. The van der Waals surface area contributed by atoms with Crippen LogP contribution < -0.4 is 24.8 Å². The summed E-state index contributed by atoms with van der Waals surface area (Å²) in [6.07, 6.45) is 0.684. The van der Waals surface area contributed by atoms with Gasteiger partial charge in [0.2, 0.25) is 5.75 Å². The number of nitrogens with zero attached hydrogens (tertiary/aromatic N) is 2. The van der Waals surface area contributed by atoms with Gasteiger partial charge in [-0.25, -0.2) is 9.97 Å². The number of hydrogen-bond donors (Lipinski definition) is 2. The lowest BCUT2D eigenvalue weighted by atomic mass is 10.0. The molecule has 2 N–H and O–H groups in total. The number of hydrogen-bond acceptors (Lipinski definition) is 7. The van der Waals surface area contributed by atoms with Gasteiger partial charge in [0.05, 0.1) is 27.4 Å². The number of amides is 1. The predicted molar refractivity (Wildman–Crippen MR) is 110 cm³/mol. The van der Waals surface area contributed by atoms with E-state index in [2.05, 4.69) is 15.6 Å². The van der Waals surface area contributed by atoms with Crippen LogP contribution in [0.25, 0.3) is 0 Å². The summed E-state index contributed by atoms with van der Waals surface area (Å²) < 4.78 is 16.3. The zero-order valence-electron chi connectivity index (χ0n) is 17.8. The number of carbonyl (C=O) groups excluding carboxylic acids is 1. The molecule has 1 aliphatic heterocycles. The van der Waals surface area contributed by atoms with Crippen LogP contribution in [0, 0.1) is 0 Å². The molecule has 0 aliphatic carbocycles. The number of nitrogens with one attached hydrogen (secondary N) is 2. The van der Waals surface area contributed by atoms with E-state index in [1.54, 1.807) is 21.3 Å². The number of methoxy groups -OCH3 is 3. The van der Waals surface area contributed by atoms with E-state index in [0.29, 0.717) is 47.6 Å². The first-order valence-corrected chi connectivity index (χ1v) is 9.65. The molecular weight excluding hydrogens is 372 g/mol. The van der Waals surface area contributed by atoms with Gasteiger partial charge in [-0.15, -0.1) is 0 Å². The van der Waals surface area contributed by atoms with E-state index in [1.807, 2.05) is 32.9 Å². The third kappa shape index (κ3) is 4.06. The fourth-order valence-corrected chi connectivity index (χ4v) is 3.33. The van der Waals surface area contributed by atoms with Crippen molar-refractivity contribution >= 4 is 11.7 Å². The van der Waals surface area contributed by atoms with Crippen molar-refractivity contribution in [3.05, 3.63) is 34.8 Å². The maximum Gasteiger partial charge on any atom is 0.270 e. The van der Waals surface area contributed by atoms with Gasteiger partial charge in [0.25, 0.3) is 5.91 Å². The van der Waals surface area contributed by atoms with E-state index in [9.17, 15) is 4.79 Å². The third-order valence-corrected chi connectivity index (χ3v) is 4.96. The van der Waals surface area contributed by atoms with Crippen LogP contribution in [0.3, 0.4) is 0 Å². The second kappa shape index (κ2) is 8.55. The summed E-state index contributed by atoms with van der Waals surface area (Å²) in [5, 5.41) is 6.31. The Morgan fingerprint density at radius 2 is 1.69 bits per heavy atom. The van der Waals surface area contributed by atoms with Gasteiger partial charge in [0.15, 0.2) is 11.5 Å². The summed E-state index contributed by atoms with van der Waals surface area (Å²) in [5.41, 5.74) is 2.24. The van der Waals surface area contributed by atoms with Crippen molar-refractivity contribution in [2.24, 2.45) is 0 Å². The molecule has 0 bridgehead atoms. The van der Waals surface area contributed by atoms with E-state index in [4.69, 9.17) is 19.2 Å². The van der Waals surface area contributed by atoms with Crippen LogP contribution in [0.5, 0.6) is 17.2 Å². The zero-order chi connectivity index (χ0) is 21.1. The van der Waals surface area contributed by atoms with Crippen LogP contribution in [0.15, 0.2) is 12.1 Å². The van der Waals surface area contributed by atoms with Crippen molar-refractivity contribution in [2.45, 2.75) is 39.2 Å². The molecule has 1 aromatic carbocycles. The summed E-state index contributed by atoms with van der Waals surface area (Å²) in [5.74, 6) is 3.00. The minimum atomic E-state index is -0.154. The molecule has 1 amide bonds. The van der Waals surface area contributed by atoms with Crippen molar-refractivity contribution in [3.63, 3.8) is 0 Å². The van der Waals surface area contributed by atoms with Crippen molar-refractivity contribution in [1.82, 2.24) is 15.3 Å². The first-order chi connectivity index (χ1) is 13.9. The zero-order valence-corrected chi connectivity index (χ0v) is 17.8. The highest BCUT2D eigenvalue weighted by atomic mass is 16.5. The molecule has 3 rings (SSSR count). The Morgan fingerprint density at radius 1 is 1.03 bits per heavy atom. The summed E-state index contributed by atoms with van der Waals surface area (Å²) >= 11 is 0. The Kier molecular flexibility index (Phi) is 6.10. The van der Waals surface area contributed by atoms with Gasteiger partial charge in [-0.2, -0.15) is 0 Å². The van der Waals surface area contributed by atoms with E-state index < -0.39 is 0 Å². The number of benzene rings is 1. The number of carbonyl (C=O) groups is 1. The molecule has 1 aromatic heterocycles. The van der Waals surface area contributed by atoms with Gasteiger partial charge in [-0.05, 0) is 31.0 Å². The first kappa shape index (κ1) is 20.7. The maximum absolute atomic E-state index is 12.3. The molecule has 2 heterocycles. The molecule has 29 heavy (non-hydrogen) atoms. The van der Waals surface area contributed by atoms with Crippen LogP contribution in [0.2, 0.25) is 0 Å². The Balaban J connectivity index is 2.01. The summed E-state index contributed by atoms with van der Waals surface area (Å²) in [7, 11) is 4.76. The molecule has 2 aromatic rings. The number of rotatable bonds is 7. The molecule has 156 valence electrons. The highest BCUT2D eigenvalue weighted by molar-refractivity contribution is 5.96. The standard InChI is InChI=1S/C21H28N4O4/c1-11(2)19-24-17-14(7-8-22-21(17)26)20(25-19)23-12(3)13-9-15(27-4)18(29-6)16(10-13)28-5/h9-12H,7-8H2,1-6H3,(H,22,26)(H,23,24,25). The molecule has 8 heteroatoms. The lowest BCUT2D eigenvalue weighted by Gasteiger charge is -2.24. The molecule has 1 unspecified atom stereocenters. The van der Waals surface area contributed by atoms with E-state index in [0.717, 1.165) is 11.1 Å². The largest absolute Gasteiger partial charge is 0.493 e. The Morgan fingerprint density at radius 3 is 2.24 bits per heavy atom. The van der Waals surface area contributed by atoms with E-state index in [-0.39, 0.29) is 17.9 Å². The predicted octanol–water partition coefficient (Wildman–Crippen LogP) is 3.08. The molecular formula is C21H28N4O4. The fraction of sp³-hybridized carbons (Fsp3) is 0.476. The van der Waals surface area contributed by atoms with Crippen LogP contribution >= 0.6 is 0 Å². The number of ether oxygens (including phenoxy) is 3. The fourth-order valence-electron chi connectivity index (χ4n) is 3.33. The molecule has 1 aliphatic rings. The summed E-state index contributed by atoms with van der Waals surface area (Å²) in [4.78, 5) is 21.5. The van der Waals surface area contributed by atoms with Crippen LogP contribution in [-0.4, -0.2) is 43.7 Å².